The predicted molar refractivity (Wildman–Crippen MR) is 73.5 cm³/mol. The number of carboxylic acids is 1. The molecular formula is C15H20N2O2. The molecule has 1 aliphatic heterocycles. The fraction of sp³-hybridized carbons (Fsp3) is 0.600. The normalized spacial score (nSPS) is 26.8. The molecule has 2 heterocycles. The molecule has 19 heavy (non-hydrogen) atoms. The molecule has 4 nitrogen and oxygen atoms in total. The second kappa shape index (κ2) is 5.19. The molecule has 1 aromatic heterocycles. The third kappa shape index (κ3) is 2.31. The van der Waals surface area contributed by atoms with Crippen LogP contribution in [-0.4, -0.2) is 28.6 Å². The van der Waals surface area contributed by atoms with Crippen molar-refractivity contribution < 1.29 is 9.90 Å². The molecule has 2 atom stereocenters. The van der Waals surface area contributed by atoms with Gasteiger partial charge in [0, 0.05) is 18.8 Å². The number of aromatic carboxylic acids is 1. The van der Waals surface area contributed by atoms with Crippen LogP contribution in [0.4, 0.5) is 5.69 Å². The summed E-state index contributed by atoms with van der Waals surface area (Å²) < 4.78 is 0. The van der Waals surface area contributed by atoms with E-state index in [4.69, 9.17) is 0 Å². The Balaban J connectivity index is 1.94. The Bertz CT molecular complexity index is 473. The Morgan fingerprint density at radius 2 is 2.05 bits per heavy atom. The molecule has 1 aliphatic carbocycles. The van der Waals surface area contributed by atoms with E-state index < -0.39 is 5.97 Å². The fourth-order valence-electron chi connectivity index (χ4n) is 3.72. The van der Waals surface area contributed by atoms with Crippen molar-refractivity contribution in [3.05, 3.63) is 24.0 Å². The molecule has 1 saturated heterocycles. The number of hydrogen-bond donors (Lipinski definition) is 1. The summed E-state index contributed by atoms with van der Waals surface area (Å²) >= 11 is 0. The topological polar surface area (TPSA) is 53.4 Å². The van der Waals surface area contributed by atoms with Crippen LogP contribution in [0.2, 0.25) is 0 Å². The maximum absolute atomic E-state index is 11.3. The lowest BCUT2D eigenvalue weighted by molar-refractivity contribution is 0.0690. The predicted octanol–water partition coefficient (Wildman–Crippen LogP) is 2.94. The number of rotatable bonds is 2. The summed E-state index contributed by atoms with van der Waals surface area (Å²) in [6, 6.07) is 4.27. The van der Waals surface area contributed by atoms with Gasteiger partial charge in [-0.1, -0.05) is 12.8 Å². The van der Waals surface area contributed by atoms with Crippen molar-refractivity contribution in [3.8, 4) is 0 Å². The molecule has 102 valence electrons. The summed E-state index contributed by atoms with van der Waals surface area (Å²) in [5.41, 5.74) is 1.01. The van der Waals surface area contributed by atoms with E-state index in [2.05, 4.69) is 9.88 Å². The van der Waals surface area contributed by atoms with Crippen LogP contribution in [0.1, 0.15) is 49.0 Å². The molecule has 0 aromatic carbocycles. The zero-order chi connectivity index (χ0) is 13.2. The number of hydrogen-bond acceptors (Lipinski definition) is 3. The molecule has 1 aromatic rings. The van der Waals surface area contributed by atoms with Crippen molar-refractivity contribution in [2.24, 2.45) is 5.92 Å². The Hall–Kier alpha value is -1.58. The number of anilines is 1. The van der Waals surface area contributed by atoms with Gasteiger partial charge in [0.15, 0.2) is 5.69 Å². The maximum Gasteiger partial charge on any atom is 0.356 e. The van der Waals surface area contributed by atoms with Crippen LogP contribution in [-0.2, 0) is 0 Å². The fourth-order valence-corrected chi connectivity index (χ4v) is 3.72. The summed E-state index contributed by atoms with van der Waals surface area (Å²) in [6.45, 7) is 0.965. The molecule has 0 unspecified atom stereocenters. The molecule has 1 N–H and O–H groups in total. The van der Waals surface area contributed by atoms with Crippen molar-refractivity contribution in [2.45, 2.75) is 44.6 Å². The average Bonchev–Trinajstić information content (AvgIpc) is 2.46. The molecule has 0 spiro atoms. The quantitative estimate of drug-likeness (QED) is 0.888. The molecule has 1 saturated carbocycles. The number of fused-ring (bicyclic) bond motifs is 1. The lowest BCUT2D eigenvalue weighted by Gasteiger charge is -2.45. The van der Waals surface area contributed by atoms with E-state index in [-0.39, 0.29) is 5.69 Å². The second-order valence-corrected chi connectivity index (χ2v) is 5.62. The number of piperidine rings is 1. The molecule has 0 amide bonds. The van der Waals surface area contributed by atoms with Crippen LogP contribution in [0.3, 0.4) is 0 Å². The van der Waals surface area contributed by atoms with E-state index in [0.717, 1.165) is 24.6 Å². The van der Waals surface area contributed by atoms with Gasteiger partial charge in [0.2, 0.25) is 0 Å². The van der Waals surface area contributed by atoms with Gasteiger partial charge in [-0.3, -0.25) is 0 Å². The molecule has 2 fully saturated rings. The Morgan fingerprint density at radius 1 is 1.26 bits per heavy atom. The largest absolute Gasteiger partial charge is 0.476 e. The molecule has 4 heteroatoms. The van der Waals surface area contributed by atoms with Crippen LogP contribution < -0.4 is 4.90 Å². The van der Waals surface area contributed by atoms with Crippen molar-refractivity contribution in [2.75, 3.05) is 11.4 Å². The third-order valence-electron chi connectivity index (χ3n) is 4.54. The highest BCUT2D eigenvalue weighted by Crippen LogP contribution is 2.38. The smallest absolute Gasteiger partial charge is 0.356 e. The van der Waals surface area contributed by atoms with Gasteiger partial charge < -0.3 is 10.0 Å². The SMILES string of the molecule is O=C(O)c1ncccc1N1CCC[C@H]2CCCC[C@H]21. The average molecular weight is 260 g/mol. The molecule has 3 rings (SSSR count). The lowest BCUT2D eigenvalue weighted by Crippen LogP contribution is -2.47. The molecule has 2 aliphatic rings. The highest BCUT2D eigenvalue weighted by atomic mass is 16.4. The summed E-state index contributed by atoms with van der Waals surface area (Å²) in [7, 11) is 0. The van der Waals surface area contributed by atoms with Crippen LogP contribution >= 0.6 is 0 Å². The number of nitrogens with zero attached hydrogens (tertiary/aromatic N) is 2. The number of aromatic nitrogens is 1. The van der Waals surface area contributed by atoms with Gasteiger partial charge in [0.25, 0.3) is 0 Å². The highest BCUT2D eigenvalue weighted by Gasteiger charge is 2.34. The maximum atomic E-state index is 11.3. The van der Waals surface area contributed by atoms with E-state index in [1.807, 2.05) is 12.1 Å². The number of pyridine rings is 1. The first-order valence-corrected chi connectivity index (χ1v) is 7.22. The van der Waals surface area contributed by atoms with Gasteiger partial charge in [-0.25, -0.2) is 9.78 Å². The molecular weight excluding hydrogens is 240 g/mol. The Morgan fingerprint density at radius 3 is 2.89 bits per heavy atom. The van der Waals surface area contributed by atoms with Gasteiger partial charge in [0.1, 0.15) is 0 Å². The summed E-state index contributed by atoms with van der Waals surface area (Å²) in [4.78, 5) is 17.7. The first kappa shape index (κ1) is 12.5. The first-order valence-electron chi connectivity index (χ1n) is 7.22. The monoisotopic (exact) mass is 260 g/mol. The van der Waals surface area contributed by atoms with Gasteiger partial charge in [-0.05, 0) is 43.7 Å². The van der Waals surface area contributed by atoms with E-state index >= 15 is 0 Å². The van der Waals surface area contributed by atoms with Crippen LogP contribution in [0, 0.1) is 5.92 Å². The minimum Gasteiger partial charge on any atom is -0.476 e. The minimum atomic E-state index is -0.923. The Kier molecular flexibility index (Phi) is 3.40. The summed E-state index contributed by atoms with van der Waals surface area (Å²) in [5.74, 6) is -0.183. The van der Waals surface area contributed by atoms with Gasteiger partial charge >= 0.3 is 5.97 Å². The van der Waals surface area contributed by atoms with E-state index in [9.17, 15) is 9.90 Å². The van der Waals surface area contributed by atoms with Crippen LogP contribution in [0.25, 0.3) is 0 Å². The van der Waals surface area contributed by atoms with E-state index in [0.29, 0.717) is 6.04 Å². The zero-order valence-electron chi connectivity index (χ0n) is 11.1. The second-order valence-electron chi connectivity index (χ2n) is 5.62. The van der Waals surface area contributed by atoms with Gasteiger partial charge in [-0.2, -0.15) is 0 Å². The van der Waals surface area contributed by atoms with E-state index in [1.54, 1.807) is 6.20 Å². The molecule has 0 radical (unpaired) electrons. The highest BCUT2D eigenvalue weighted by molar-refractivity contribution is 5.92. The number of carbonyl (C=O) groups is 1. The van der Waals surface area contributed by atoms with Crippen molar-refractivity contribution in [1.29, 1.82) is 0 Å². The first-order chi connectivity index (χ1) is 9.27. The minimum absolute atomic E-state index is 0.203. The van der Waals surface area contributed by atoms with E-state index in [1.165, 1.54) is 32.1 Å². The standard InChI is InChI=1S/C15H20N2O2/c18-15(19)14-13(8-3-9-16-14)17-10-4-6-11-5-1-2-7-12(11)17/h3,8-9,11-12H,1-2,4-7,10H2,(H,18,19)/t11-,12-/m1/s1. The van der Waals surface area contributed by atoms with Crippen molar-refractivity contribution >= 4 is 11.7 Å². The van der Waals surface area contributed by atoms with Gasteiger partial charge in [0.05, 0.1) is 5.69 Å². The van der Waals surface area contributed by atoms with Crippen LogP contribution in [0.15, 0.2) is 18.3 Å². The zero-order valence-corrected chi connectivity index (χ0v) is 11.1. The van der Waals surface area contributed by atoms with Crippen LogP contribution in [0.5, 0.6) is 0 Å². The third-order valence-corrected chi connectivity index (χ3v) is 4.54. The van der Waals surface area contributed by atoms with Gasteiger partial charge in [-0.15, -0.1) is 0 Å². The summed E-state index contributed by atoms with van der Waals surface area (Å²) in [6.07, 6.45) is 9.10. The Labute approximate surface area is 113 Å². The number of carboxylic acid groups (broad SMARTS) is 1. The van der Waals surface area contributed by atoms with Crippen molar-refractivity contribution in [1.82, 2.24) is 4.98 Å². The summed E-state index contributed by atoms with van der Waals surface area (Å²) in [5, 5.41) is 9.30. The lowest BCUT2D eigenvalue weighted by atomic mass is 9.78. The van der Waals surface area contributed by atoms with Crippen molar-refractivity contribution in [3.63, 3.8) is 0 Å². The molecule has 0 bridgehead atoms.